The molecule has 0 bridgehead atoms. The third kappa shape index (κ3) is 4.17. The molecule has 0 radical (unpaired) electrons. The molecule has 0 amide bonds. The zero-order valence-corrected chi connectivity index (χ0v) is 15.5. The van der Waals surface area contributed by atoms with Crippen molar-refractivity contribution in [3.63, 3.8) is 0 Å². The summed E-state index contributed by atoms with van der Waals surface area (Å²) in [6.07, 6.45) is 9.02. The lowest BCUT2D eigenvalue weighted by Crippen LogP contribution is -2.11. The van der Waals surface area contributed by atoms with Crippen LogP contribution in [0.15, 0.2) is 76.9 Å². The van der Waals surface area contributed by atoms with Gasteiger partial charge in [0.15, 0.2) is 5.65 Å². The predicted molar refractivity (Wildman–Crippen MR) is 113 cm³/mol. The molecule has 0 saturated heterocycles. The fraction of sp³-hybridized carbons (Fsp3) is 0.143. The highest BCUT2D eigenvalue weighted by molar-refractivity contribution is 5.88. The molecule has 136 valence electrons. The monoisotopic (exact) mass is 358 g/mol. The van der Waals surface area contributed by atoms with E-state index in [1.54, 1.807) is 37.1 Å². The van der Waals surface area contributed by atoms with Crippen LogP contribution in [0.1, 0.15) is 5.56 Å². The minimum absolute atomic E-state index is 0.591. The van der Waals surface area contributed by atoms with Crippen LogP contribution in [0.3, 0.4) is 0 Å². The molecular weight excluding hydrogens is 336 g/mol. The Morgan fingerprint density at radius 3 is 2.74 bits per heavy atom. The number of allylic oxidation sites excluding steroid dienone is 2. The van der Waals surface area contributed by atoms with E-state index in [4.69, 9.17) is 4.98 Å². The molecular formula is C21H22N6. The molecule has 0 saturated carbocycles. The third-order valence-electron chi connectivity index (χ3n) is 3.94. The largest absolute Gasteiger partial charge is 0.366 e. The SMILES string of the molecule is C=C/C=C(\C=NC)CNc1cc(-c2ccccc2)nc2c(C=NC)cnn12. The van der Waals surface area contributed by atoms with Crippen molar-refractivity contribution < 1.29 is 0 Å². The molecule has 27 heavy (non-hydrogen) atoms. The third-order valence-corrected chi connectivity index (χ3v) is 3.94. The molecule has 0 spiro atoms. The normalized spacial score (nSPS) is 12.3. The second kappa shape index (κ2) is 8.71. The number of aromatic nitrogens is 3. The molecule has 2 aromatic heterocycles. The van der Waals surface area contributed by atoms with E-state index in [9.17, 15) is 0 Å². The topological polar surface area (TPSA) is 66.9 Å². The molecule has 0 aliphatic heterocycles. The van der Waals surface area contributed by atoms with Crippen LogP contribution in [0.25, 0.3) is 16.9 Å². The zero-order valence-electron chi connectivity index (χ0n) is 15.5. The van der Waals surface area contributed by atoms with Gasteiger partial charge in [0.25, 0.3) is 0 Å². The molecule has 3 rings (SSSR count). The summed E-state index contributed by atoms with van der Waals surface area (Å²) in [7, 11) is 3.49. The summed E-state index contributed by atoms with van der Waals surface area (Å²) in [5.41, 5.74) is 4.55. The van der Waals surface area contributed by atoms with Gasteiger partial charge in [-0.3, -0.25) is 9.98 Å². The maximum absolute atomic E-state index is 4.80. The molecule has 0 aliphatic carbocycles. The van der Waals surface area contributed by atoms with Crippen molar-refractivity contribution in [1.29, 1.82) is 0 Å². The first kappa shape index (κ1) is 18.3. The molecule has 0 aliphatic rings. The Morgan fingerprint density at radius 2 is 2.04 bits per heavy atom. The molecule has 1 N–H and O–H groups in total. The van der Waals surface area contributed by atoms with Crippen molar-refractivity contribution in [3.8, 4) is 11.3 Å². The number of nitrogens with zero attached hydrogens (tertiary/aromatic N) is 5. The van der Waals surface area contributed by atoms with Gasteiger partial charge in [-0.25, -0.2) is 4.98 Å². The quantitative estimate of drug-likeness (QED) is 0.518. The minimum Gasteiger partial charge on any atom is -0.366 e. The van der Waals surface area contributed by atoms with Crippen LogP contribution < -0.4 is 5.32 Å². The Hall–Kier alpha value is -3.54. The Balaban J connectivity index is 2.07. The summed E-state index contributed by atoms with van der Waals surface area (Å²) in [5, 5.41) is 7.90. The van der Waals surface area contributed by atoms with Crippen molar-refractivity contribution >= 4 is 23.9 Å². The average Bonchev–Trinajstić information content (AvgIpc) is 3.10. The van der Waals surface area contributed by atoms with Crippen molar-refractivity contribution in [2.45, 2.75) is 0 Å². The van der Waals surface area contributed by atoms with Gasteiger partial charge in [-0.2, -0.15) is 9.61 Å². The van der Waals surface area contributed by atoms with E-state index < -0.39 is 0 Å². The number of fused-ring (bicyclic) bond motifs is 1. The molecule has 0 fully saturated rings. The van der Waals surface area contributed by atoms with E-state index in [0.717, 1.165) is 33.9 Å². The van der Waals surface area contributed by atoms with Crippen molar-refractivity contribution in [2.75, 3.05) is 26.0 Å². The Labute approximate surface area is 158 Å². The summed E-state index contributed by atoms with van der Waals surface area (Å²) in [6.45, 7) is 4.35. The van der Waals surface area contributed by atoms with E-state index in [1.165, 1.54) is 0 Å². The molecule has 0 atom stereocenters. The maximum atomic E-state index is 4.80. The van der Waals surface area contributed by atoms with E-state index in [0.29, 0.717) is 6.54 Å². The smallest absolute Gasteiger partial charge is 0.166 e. The van der Waals surface area contributed by atoms with Crippen LogP contribution in [0.4, 0.5) is 5.82 Å². The van der Waals surface area contributed by atoms with Crippen molar-refractivity contribution in [3.05, 3.63) is 72.5 Å². The molecule has 6 heteroatoms. The number of anilines is 1. The van der Waals surface area contributed by atoms with Crippen LogP contribution in [0.5, 0.6) is 0 Å². The summed E-state index contributed by atoms with van der Waals surface area (Å²) in [5.74, 6) is 0.842. The van der Waals surface area contributed by atoms with Gasteiger partial charge in [-0.15, -0.1) is 0 Å². The number of rotatable bonds is 7. The van der Waals surface area contributed by atoms with Gasteiger partial charge < -0.3 is 5.32 Å². The van der Waals surface area contributed by atoms with Crippen LogP contribution in [-0.2, 0) is 0 Å². The number of nitrogens with one attached hydrogen (secondary N) is 1. The van der Waals surface area contributed by atoms with Gasteiger partial charge >= 0.3 is 0 Å². The standard InChI is InChI=1S/C21H22N6/c1-4-8-16(12-22-2)13-24-20-11-19(17-9-6-5-7-10-17)26-21-18(14-23-3)15-25-27(20)21/h4-12,14-15,24H,1,13H2,2-3H3/b16-8+,22-12?,23-14?. The van der Waals surface area contributed by atoms with Gasteiger partial charge in [-0.05, 0) is 5.57 Å². The van der Waals surface area contributed by atoms with E-state index >= 15 is 0 Å². The fourth-order valence-electron chi connectivity index (χ4n) is 2.75. The van der Waals surface area contributed by atoms with Crippen molar-refractivity contribution in [1.82, 2.24) is 14.6 Å². The first-order chi connectivity index (χ1) is 13.3. The van der Waals surface area contributed by atoms with Gasteiger partial charge in [0.1, 0.15) is 5.82 Å². The molecule has 0 unspecified atom stereocenters. The van der Waals surface area contributed by atoms with Crippen LogP contribution in [0, 0.1) is 0 Å². The Kier molecular flexibility index (Phi) is 5.89. The van der Waals surface area contributed by atoms with E-state index in [-0.39, 0.29) is 0 Å². The van der Waals surface area contributed by atoms with Crippen molar-refractivity contribution in [2.24, 2.45) is 9.98 Å². The minimum atomic E-state index is 0.591. The molecule has 3 aromatic rings. The fourth-order valence-corrected chi connectivity index (χ4v) is 2.75. The first-order valence-corrected chi connectivity index (χ1v) is 8.60. The number of hydrogen-bond acceptors (Lipinski definition) is 5. The summed E-state index contributed by atoms with van der Waals surface area (Å²) < 4.78 is 1.79. The molecule has 2 heterocycles. The number of benzene rings is 1. The summed E-state index contributed by atoms with van der Waals surface area (Å²) >= 11 is 0. The first-order valence-electron chi connectivity index (χ1n) is 8.60. The second-order valence-corrected chi connectivity index (χ2v) is 5.83. The molecule has 6 nitrogen and oxygen atoms in total. The Morgan fingerprint density at radius 1 is 1.22 bits per heavy atom. The van der Waals surface area contributed by atoms with Gasteiger partial charge in [0.05, 0.1) is 17.5 Å². The highest BCUT2D eigenvalue weighted by Gasteiger charge is 2.12. The molecule has 1 aromatic carbocycles. The van der Waals surface area contributed by atoms with E-state index in [2.05, 4.69) is 27.0 Å². The number of hydrogen-bond donors (Lipinski definition) is 1. The van der Waals surface area contributed by atoms with Crippen LogP contribution in [-0.4, -0.2) is 47.7 Å². The van der Waals surface area contributed by atoms with Gasteiger partial charge in [0.2, 0.25) is 0 Å². The lowest BCUT2D eigenvalue weighted by molar-refractivity contribution is 0.937. The highest BCUT2D eigenvalue weighted by Crippen LogP contribution is 2.23. The van der Waals surface area contributed by atoms with Crippen LogP contribution in [0.2, 0.25) is 0 Å². The zero-order chi connectivity index (χ0) is 19.1. The Bertz CT molecular complexity index is 1010. The average molecular weight is 358 g/mol. The lowest BCUT2D eigenvalue weighted by atomic mass is 10.1. The van der Waals surface area contributed by atoms with Crippen LogP contribution >= 0.6 is 0 Å². The van der Waals surface area contributed by atoms with Gasteiger partial charge in [-0.1, -0.05) is 49.1 Å². The maximum Gasteiger partial charge on any atom is 0.166 e. The second-order valence-electron chi connectivity index (χ2n) is 5.83. The van der Waals surface area contributed by atoms with Gasteiger partial charge in [0, 0.05) is 44.7 Å². The summed E-state index contributed by atoms with van der Waals surface area (Å²) in [6, 6.07) is 12.1. The lowest BCUT2D eigenvalue weighted by Gasteiger charge is -2.11. The summed E-state index contributed by atoms with van der Waals surface area (Å²) in [4.78, 5) is 13.0. The highest BCUT2D eigenvalue weighted by atomic mass is 15.3. The number of aliphatic imine (C=N–C) groups is 2. The predicted octanol–water partition coefficient (Wildman–Crippen LogP) is 3.67. The van der Waals surface area contributed by atoms with E-state index in [1.807, 2.05) is 48.7 Å².